The third-order valence-corrected chi connectivity index (χ3v) is 11.7. The van der Waals surface area contributed by atoms with Gasteiger partial charge >= 0.3 is 0 Å². The number of aromatic nitrogens is 1. The molecule has 3 heterocycles. The lowest BCUT2D eigenvalue weighted by atomic mass is 9.81. The van der Waals surface area contributed by atoms with Crippen molar-refractivity contribution >= 4 is 35.5 Å². The third-order valence-electron chi connectivity index (χ3n) is 11.7. The summed E-state index contributed by atoms with van der Waals surface area (Å²) >= 11 is 3.80. The summed E-state index contributed by atoms with van der Waals surface area (Å²) in [6.07, 6.45) is 7.92. The Labute approximate surface area is 304 Å². The van der Waals surface area contributed by atoms with Crippen molar-refractivity contribution in [3.63, 3.8) is 0 Å². The summed E-state index contributed by atoms with van der Waals surface area (Å²) in [6, 6.07) is 12.5. The van der Waals surface area contributed by atoms with Crippen LogP contribution in [0.25, 0.3) is 22.2 Å². The molecule has 4 aliphatic rings. The zero-order chi connectivity index (χ0) is 35.6. The smallest absolute Gasteiger partial charge is 0.248 e. The van der Waals surface area contributed by atoms with Crippen molar-refractivity contribution in [3.05, 3.63) is 53.1 Å². The van der Waals surface area contributed by atoms with Crippen molar-refractivity contribution in [2.45, 2.75) is 77.2 Å². The minimum atomic E-state index is -0.513. The number of nitrogens with two attached hydrogens (primary N) is 1. The second kappa shape index (κ2) is 15.7. The molecule has 1 saturated heterocycles. The molecular formula is C40H58N6O3S. The second-order valence-corrected chi connectivity index (χ2v) is 15.8. The topological polar surface area (TPSA) is 87.3 Å². The Morgan fingerprint density at radius 1 is 0.980 bits per heavy atom. The van der Waals surface area contributed by atoms with E-state index in [2.05, 4.69) is 70.2 Å². The van der Waals surface area contributed by atoms with Crippen molar-refractivity contribution in [3.8, 4) is 17.0 Å². The molecule has 1 aromatic heterocycles. The van der Waals surface area contributed by atoms with Gasteiger partial charge in [-0.05, 0) is 107 Å². The van der Waals surface area contributed by atoms with E-state index < -0.39 is 11.3 Å². The third kappa shape index (κ3) is 7.31. The van der Waals surface area contributed by atoms with Crippen LogP contribution in [-0.4, -0.2) is 109 Å². The van der Waals surface area contributed by atoms with Gasteiger partial charge in [0, 0.05) is 67.2 Å². The Hall–Kier alpha value is -3.05. The first-order valence-electron chi connectivity index (χ1n) is 18.9. The highest BCUT2D eigenvalue weighted by molar-refractivity contribution is 7.77. The molecule has 2 atom stereocenters. The van der Waals surface area contributed by atoms with Crippen LogP contribution >= 0.6 is 12.8 Å². The van der Waals surface area contributed by atoms with Crippen molar-refractivity contribution in [2.24, 2.45) is 11.1 Å². The van der Waals surface area contributed by atoms with Crippen LogP contribution in [0.3, 0.4) is 0 Å². The highest BCUT2D eigenvalue weighted by Gasteiger charge is 2.63. The minimum absolute atomic E-state index is 0.139. The molecular weight excluding hydrogens is 645 g/mol. The number of fused-ring (bicyclic) bond motifs is 7. The monoisotopic (exact) mass is 702 g/mol. The Morgan fingerprint density at radius 2 is 1.72 bits per heavy atom. The van der Waals surface area contributed by atoms with Gasteiger partial charge in [-0.25, -0.2) is 0 Å². The molecule has 0 bridgehead atoms. The lowest BCUT2D eigenvalue weighted by Gasteiger charge is -2.28. The van der Waals surface area contributed by atoms with Gasteiger partial charge in [0.2, 0.25) is 11.8 Å². The largest absolute Gasteiger partial charge is 0.497 e. The summed E-state index contributed by atoms with van der Waals surface area (Å²) < 4.78 is 9.86. The van der Waals surface area contributed by atoms with Crippen LogP contribution in [0.15, 0.2) is 36.4 Å². The number of hydrogen-bond acceptors (Lipinski definition) is 7. The van der Waals surface area contributed by atoms with Gasteiger partial charge in [0.05, 0.1) is 18.2 Å². The number of carbonyl (C=O) groups is 2. The van der Waals surface area contributed by atoms with Crippen LogP contribution in [0.1, 0.15) is 92.1 Å². The van der Waals surface area contributed by atoms with Crippen LogP contribution in [0.2, 0.25) is 0 Å². The molecule has 3 fully saturated rings. The fraction of sp³-hybridized carbons (Fsp3) is 0.600. The predicted octanol–water partition coefficient (Wildman–Crippen LogP) is 6.22. The Balaban J connectivity index is 0.00000103. The minimum Gasteiger partial charge on any atom is -0.497 e. The van der Waals surface area contributed by atoms with Crippen LogP contribution in [0.4, 0.5) is 0 Å². The molecule has 2 aliphatic heterocycles. The zero-order valence-electron chi connectivity index (χ0n) is 30.9. The molecule has 0 radical (unpaired) electrons. The van der Waals surface area contributed by atoms with E-state index in [1.807, 2.05) is 26.2 Å². The van der Waals surface area contributed by atoms with Gasteiger partial charge < -0.3 is 29.7 Å². The van der Waals surface area contributed by atoms with Crippen molar-refractivity contribution in [1.82, 2.24) is 23.6 Å². The molecule has 2 aliphatic carbocycles. The number of benzene rings is 2. The normalized spacial score (nSPS) is 22.2. The van der Waals surface area contributed by atoms with Gasteiger partial charge in [0.15, 0.2) is 0 Å². The summed E-state index contributed by atoms with van der Waals surface area (Å²) in [5.41, 5.74) is 11.9. The molecule has 9 nitrogen and oxygen atoms in total. The fourth-order valence-electron chi connectivity index (χ4n) is 8.97. The van der Waals surface area contributed by atoms with E-state index >= 15 is 0 Å². The summed E-state index contributed by atoms with van der Waals surface area (Å²) in [4.78, 5) is 34.5. The van der Waals surface area contributed by atoms with Gasteiger partial charge in [-0.3, -0.25) is 13.9 Å². The van der Waals surface area contributed by atoms with Gasteiger partial charge in [-0.15, -0.1) is 0 Å². The van der Waals surface area contributed by atoms with Crippen molar-refractivity contribution in [2.75, 3.05) is 73.6 Å². The lowest BCUT2D eigenvalue weighted by molar-refractivity contribution is -0.137. The van der Waals surface area contributed by atoms with Gasteiger partial charge in [-0.1, -0.05) is 52.0 Å². The quantitative estimate of drug-likeness (QED) is 0.258. The molecule has 7 rings (SSSR count). The molecule has 50 heavy (non-hydrogen) atoms. The van der Waals surface area contributed by atoms with E-state index in [1.54, 1.807) is 11.4 Å². The standard InChI is InChI=1S/C38H51N5O3.C2H7NS/c1-4-40(5-2)18-19-41-16-9-17-42(21-20-41)37(45)38-24-32(38)31-23-28(46-3)13-15-29(31)35-34(26-10-7-6-8-11-26)30-14-12-27(36(39)44)22-33(30)43(35)25-38;1-3(2)4/h12-15,22-23,26,32H,4-11,16-21,24-25H2,1-3H3,(H2,39,44);4H,1-2H3. The van der Waals surface area contributed by atoms with Crippen molar-refractivity contribution < 1.29 is 14.3 Å². The van der Waals surface area contributed by atoms with E-state index in [9.17, 15) is 9.59 Å². The maximum absolute atomic E-state index is 14.9. The van der Waals surface area contributed by atoms with E-state index in [4.69, 9.17) is 10.5 Å². The molecule has 2 saturated carbocycles. The predicted molar refractivity (Wildman–Crippen MR) is 206 cm³/mol. The number of methoxy groups -OCH3 is 1. The molecule has 2 N–H and O–H groups in total. The number of primary amides is 1. The van der Waals surface area contributed by atoms with E-state index in [0.29, 0.717) is 18.0 Å². The number of rotatable bonds is 9. The second-order valence-electron chi connectivity index (χ2n) is 15.0. The molecule has 2 unspecified atom stereocenters. The maximum atomic E-state index is 14.9. The fourth-order valence-corrected chi connectivity index (χ4v) is 8.97. The molecule has 272 valence electrons. The summed E-state index contributed by atoms with van der Waals surface area (Å²) in [7, 11) is 5.45. The number of carbonyl (C=O) groups excluding carboxylic acids is 2. The average molecular weight is 703 g/mol. The first kappa shape index (κ1) is 36.7. The molecule has 2 amide bonds. The Morgan fingerprint density at radius 3 is 2.40 bits per heavy atom. The van der Waals surface area contributed by atoms with Crippen LogP contribution < -0.4 is 10.5 Å². The number of amides is 2. The SMILES string of the molecule is CCN(CC)CCN1CCCN(C(=O)C23CC2c2cc(OC)ccc2-c2c(C4CCCCC4)c4ccc(C(N)=O)cc4n2C3)CC1.CN(C)S. The zero-order valence-corrected chi connectivity index (χ0v) is 31.8. The molecule has 2 aromatic carbocycles. The Bertz CT molecular complexity index is 1680. The van der Waals surface area contributed by atoms with E-state index in [1.165, 1.54) is 59.9 Å². The van der Waals surface area contributed by atoms with E-state index in [0.717, 1.165) is 76.5 Å². The van der Waals surface area contributed by atoms with E-state index in [-0.39, 0.29) is 11.8 Å². The highest BCUT2D eigenvalue weighted by Crippen LogP contribution is 2.66. The highest BCUT2D eigenvalue weighted by atomic mass is 32.1. The lowest BCUT2D eigenvalue weighted by Crippen LogP contribution is -2.42. The van der Waals surface area contributed by atoms with Crippen molar-refractivity contribution in [1.29, 1.82) is 0 Å². The number of ether oxygens (including phenoxy) is 1. The maximum Gasteiger partial charge on any atom is 0.248 e. The average Bonchev–Trinajstić information content (AvgIpc) is 3.84. The van der Waals surface area contributed by atoms with Gasteiger partial charge in [0.1, 0.15) is 5.75 Å². The summed E-state index contributed by atoms with van der Waals surface area (Å²) in [5, 5.41) is 1.20. The summed E-state index contributed by atoms with van der Waals surface area (Å²) in [5.74, 6) is 1.30. The number of likely N-dealkylation sites (N-methyl/N-ethyl adjacent to an activating group) is 1. The molecule has 0 spiro atoms. The van der Waals surface area contributed by atoms with Crippen LogP contribution in [0.5, 0.6) is 5.75 Å². The Kier molecular flexibility index (Phi) is 11.5. The number of thiol groups is 1. The van der Waals surface area contributed by atoms with Crippen LogP contribution in [-0.2, 0) is 11.3 Å². The summed E-state index contributed by atoms with van der Waals surface area (Å²) in [6.45, 7) is 12.9. The first-order valence-corrected chi connectivity index (χ1v) is 19.3. The number of hydrogen-bond donors (Lipinski definition) is 2. The molecule has 3 aromatic rings. The number of nitrogens with zero attached hydrogens (tertiary/aromatic N) is 5. The van der Waals surface area contributed by atoms with Gasteiger partial charge in [-0.2, -0.15) is 0 Å². The first-order chi connectivity index (χ1) is 24.1. The molecule has 10 heteroatoms. The van der Waals surface area contributed by atoms with Gasteiger partial charge in [0.25, 0.3) is 0 Å². The van der Waals surface area contributed by atoms with Crippen LogP contribution in [0, 0.1) is 5.41 Å².